The Bertz CT molecular complexity index is 1410. The summed E-state index contributed by atoms with van der Waals surface area (Å²) in [5.74, 6) is 3.86. The van der Waals surface area contributed by atoms with Gasteiger partial charge in [-0.2, -0.15) is 0 Å². The third-order valence-corrected chi connectivity index (χ3v) is 14.4. The Morgan fingerprint density at radius 3 is 2.59 bits per heavy atom. The number of sulfonamides is 1. The van der Waals surface area contributed by atoms with Crippen molar-refractivity contribution in [3.05, 3.63) is 47.0 Å². The van der Waals surface area contributed by atoms with Gasteiger partial charge in [0.1, 0.15) is 0 Å². The highest BCUT2D eigenvalue weighted by atomic mass is 32.2. The quantitative estimate of drug-likeness (QED) is 0.295. The van der Waals surface area contributed by atoms with E-state index in [4.69, 9.17) is 4.74 Å². The number of nitrogens with one attached hydrogen (secondary N) is 1. The molecule has 3 saturated carbocycles. The number of Topliss-reactive ketones (excluding diaryl/α,β-unsaturated/α-hetero) is 1. The second kappa shape index (κ2) is 11.3. The van der Waals surface area contributed by atoms with Crippen LogP contribution in [0.2, 0.25) is 0 Å². The van der Waals surface area contributed by atoms with Gasteiger partial charge in [-0.15, -0.1) is 0 Å². The van der Waals surface area contributed by atoms with Gasteiger partial charge in [-0.3, -0.25) is 9.69 Å². The first-order valence-corrected chi connectivity index (χ1v) is 19.4. The monoisotopic (exact) mass is 622 g/mol. The summed E-state index contributed by atoms with van der Waals surface area (Å²) in [6.45, 7) is 11.2. The maximum atomic E-state index is 13.3. The number of hydrogen-bond acceptors (Lipinski definition) is 5. The number of carbonyl (C=O) groups excluding carboxylic acids is 1. The third kappa shape index (κ3) is 5.36. The molecular formula is C37H54N2O4S. The number of likely N-dealkylation sites (tertiary alicyclic amines) is 1. The molecule has 6 aliphatic rings. The van der Waals surface area contributed by atoms with Crippen LogP contribution >= 0.6 is 0 Å². The number of fused-ring (bicyclic) bond motifs is 6. The van der Waals surface area contributed by atoms with Crippen LogP contribution in [0.5, 0.6) is 0 Å². The van der Waals surface area contributed by atoms with Crippen LogP contribution in [0, 0.1) is 40.9 Å². The highest BCUT2D eigenvalue weighted by Crippen LogP contribution is 2.65. The highest BCUT2D eigenvalue weighted by molar-refractivity contribution is 7.88. The average Bonchev–Trinajstić information content (AvgIpc) is 3.43. The maximum Gasteiger partial charge on any atom is 0.208 e. The summed E-state index contributed by atoms with van der Waals surface area (Å²) in [4.78, 5) is 15.8. The highest BCUT2D eigenvalue weighted by Gasteiger charge is 2.60. The Kier molecular flexibility index (Phi) is 7.99. The number of nitrogens with zero attached hydrogens (tertiary/aromatic N) is 1. The molecule has 0 unspecified atom stereocenters. The van der Waals surface area contributed by atoms with Crippen molar-refractivity contribution < 1.29 is 17.9 Å². The van der Waals surface area contributed by atoms with E-state index in [1.165, 1.54) is 31.9 Å². The summed E-state index contributed by atoms with van der Waals surface area (Å²) in [7, 11) is -3.17. The predicted molar refractivity (Wildman–Crippen MR) is 175 cm³/mol. The number of rotatable bonds is 5. The number of hydrogen-bond donors (Lipinski definition) is 1. The standard InChI is InChI=1S/C37H54N2O4S/c1-23-17-34-35(39(21-23)22-33(40)26-9-7-6-8-10-26)25(3)37(43-34)16-14-29-30-12-11-27-18-28(38-44(5,41)42)13-15-36(27,4)32(30)19-31(29)24(2)20-37/h6-10,23,25,27-30,32,34-35,38H,11-22H2,1-5H3/t23-,25+,27+,28+,29-,30-,32-,34+,35-,36-,37-/m0/s1. The second-order valence-corrected chi connectivity index (χ2v) is 18.1. The van der Waals surface area contributed by atoms with Gasteiger partial charge in [-0.25, -0.2) is 13.1 Å². The lowest BCUT2D eigenvalue weighted by atomic mass is 9.52. The van der Waals surface area contributed by atoms with Crippen LogP contribution < -0.4 is 4.72 Å². The first-order valence-electron chi connectivity index (χ1n) is 17.5. The maximum absolute atomic E-state index is 13.3. The van der Waals surface area contributed by atoms with E-state index in [0.717, 1.165) is 56.6 Å². The SMILES string of the molecule is CC1=C2C[C@H]3[C@@H](CC[C@@H]4C[C@H](NS(C)(=O)=O)CC[C@@]43C)[C@@H]2CC[C@@]2(C1)O[C@@H]1C[C@H](C)CN(CC(=O)c3ccccc3)[C@H]1[C@H]2C. The van der Waals surface area contributed by atoms with Crippen LogP contribution in [0.25, 0.3) is 0 Å². The molecule has 0 bridgehead atoms. The molecule has 0 aromatic heterocycles. The fraction of sp³-hybridized carbons (Fsp3) is 0.757. The van der Waals surface area contributed by atoms with Crippen LogP contribution in [0.1, 0.15) is 102 Å². The van der Waals surface area contributed by atoms with Crippen molar-refractivity contribution in [1.82, 2.24) is 9.62 Å². The lowest BCUT2D eigenvalue weighted by Gasteiger charge is -2.54. The number of ether oxygens (including phenoxy) is 1. The van der Waals surface area contributed by atoms with Gasteiger partial charge in [0.05, 0.1) is 24.5 Å². The lowest BCUT2D eigenvalue weighted by Crippen LogP contribution is -2.53. The number of piperidine rings is 1. The van der Waals surface area contributed by atoms with Crippen molar-refractivity contribution >= 4 is 15.8 Å². The van der Waals surface area contributed by atoms with Crippen LogP contribution in [-0.4, -0.2) is 62.2 Å². The van der Waals surface area contributed by atoms with Gasteiger partial charge in [0.2, 0.25) is 10.0 Å². The van der Waals surface area contributed by atoms with Gasteiger partial charge >= 0.3 is 0 Å². The van der Waals surface area contributed by atoms with E-state index in [9.17, 15) is 13.2 Å². The van der Waals surface area contributed by atoms with Crippen molar-refractivity contribution in [2.45, 2.75) is 116 Å². The van der Waals surface area contributed by atoms with E-state index in [1.807, 2.05) is 30.3 Å². The Morgan fingerprint density at radius 1 is 1.07 bits per heavy atom. The Morgan fingerprint density at radius 2 is 1.84 bits per heavy atom. The van der Waals surface area contributed by atoms with E-state index < -0.39 is 10.0 Å². The zero-order valence-electron chi connectivity index (χ0n) is 27.6. The molecule has 0 radical (unpaired) electrons. The van der Waals surface area contributed by atoms with Crippen LogP contribution in [-0.2, 0) is 14.8 Å². The summed E-state index contributed by atoms with van der Waals surface area (Å²) in [6.07, 6.45) is 12.8. The van der Waals surface area contributed by atoms with Gasteiger partial charge in [-0.05, 0) is 106 Å². The topological polar surface area (TPSA) is 75.7 Å². The lowest BCUT2D eigenvalue weighted by molar-refractivity contribution is -0.0805. The Hall–Kier alpha value is -1.54. The Balaban J connectivity index is 1.10. The van der Waals surface area contributed by atoms with Gasteiger partial charge in [0, 0.05) is 30.1 Å². The van der Waals surface area contributed by atoms with Crippen molar-refractivity contribution in [2.75, 3.05) is 19.3 Å². The molecule has 0 amide bonds. The van der Waals surface area contributed by atoms with Gasteiger partial charge < -0.3 is 4.74 Å². The van der Waals surface area contributed by atoms with E-state index in [1.54, 1.807) is 11.1 Å². The zero-order chi connectivity index (χ0) is 31.0. The Labute approximate surface area is 265 Å². The molecule has 7 heteroatoms. The van der Waals surface area contributed by atoms with Gasteiger partial charge in [0.15, 0.2) is 5.78 Å². The number of allylic oxidation sites excluding steroid dienone is 1. The van der Waals surface area contributed by atoms with E-state index in [-0.39, 0.29) is 23.5 Å². The smallest absolute Gasteiger partial charge is 0.208 e. The number of carbonyl (C=O) groups is 1. The molecular weight excluding hydrogens is 568 g/mol. The van der Waals surface area contributed by atoms with E-state index >= 15 is 0 Å². The van der Waals surface area contributed by atoms with Crippen molar-refractivity contribution in [2.24, 2.45) is 40.9 Å². The molecule has 2 aliphatic heterocycles. The largest absolute Gasteiger partial charge is 0.369 e. The van der Waals surface area contributed by atoms with Crippen molar-refractivity contribution in [3.63, 3.8) is 0 Å². The molecule has 242 valence electrons. The minimum Gasteiger partial charge on any atom is -0.369 e. The second-order valence-electron chi connectivity index (χ2n) is 16.3. The molecule has 2 saturated heterocycles. The normalized spacial score (nSPS) is 44.1. The first kappa shape index (κ1) is 31.1. The molecule has 1 aromatic carbocycles. The zero-order valence-corrected chi connectivity index (χ0v) is 28.4. The fourth-order valence-electron chi connectivity index (χ4n) is 11.7. The third-order valence-electron chi connectivity index (χ3n) is 13.7. The molecule has 5 fully saturated rings. The van der Waals surface area contributed by atoms with Crippen molar-refractivity contribution in [3.8, 4) is 0 Å². The van der Waals surface area contributed by atoms with Crippen molar-refractivity contribution in [1.29, 1.82) is 0 Å². The minimum absolute atomic E-state index is 0.0992. The summed E-state index contributed by atoms with van der Waals surface area (Å²) >= 11 is 0. The molecule has 1 aromatic rings. The number of benzene rings is 1. The molecule has 1 spiro atoms. The molecule has 4 aliphatic carbocycles. The summed E-state index contributed by atoms with van der Waals surface area (Å²) in [5.41, 5.74) is 4.31. The van der Waals surface area contributed by atoms with Crippen LogP contribution in [0.15, 0.2) is 41.5 Å². The van der Waals surface area contributed by atoms with Gasteiger partial charge in [-0.1, -0.05) is 62.2 Å². The fourth-order valence-corrected chi connectivity index (χ4v) is 12.5. The predicted octanol–water partition coefficient (Wildman–Crippen LogP) is 6.62. The van der Waals surface area contributed by atoms with Crippen LogP contribution in [0.3, 0.4) is 0 Å². The van der Waals surface area contributed by atoms with E-state index in [2.05, 4.69) is 37.3 Å². The van der Waals surface area contributed by atoms with E-state index in [0.29, 0.717) is 47.6 Å². The molecule has 1 N–H and O–H groups in total. The molecule has 7 rings (SSSR count). The molecule has 11 atom stereocenters. The minimum atomic E-state index is -3.17. The summed E-state index contributed by atoms with van der Waals surface area (Å²) in [6, 6.07) is 10.2. The van der Waals surface area contributed by atoms with Gasteiger partial charge in [0.25, 0.3) is 0 Å². The first-order chi connectivity index (χ1) is 20.9. The molecule has 2 heterocycles. The molecule has 44 heavy (non-hydrogen) atoms. The summed E-state index contributed by atoms with van der Waals surface area (Å²) in [5, 5.41) is 0. The number of ketones is 1. The molecule has 6 nitrogen and oxygen atoms in total. The average molecular weight is 623 g/mol. The van der Waals surface area contributed by atoms with Crippen LogP contribution in [0.4, 0.5) is 0 Å². The summed E-state index contributed by atoms with van der Waals surface area (Å²) < 4.78 is 34.1.